The first-order valence-corrected chi connectivity index (χ1v) is 10.8. The Morgan fingerprint density at radius 3 is 2.38 bits per heavy atom. The molecule has 2 aromatic rings. The molecule has 1 aromatic heterocycles. The van der Waals surface area contributed by atoms with Crippen LogP contribution in [-0.2, 0) is 0 Å². The number of hydrogen-bond donors (Lipinski definition) is 0. The van der Waals surface area contributed by atoms with Crippen LogP contribution in [0.15, 0.2) is 73.4 Å². The highest BCUT2D eigenvalue weighted by molar-refractivity contribution is 8.35. The quantitative estimate of drug-likeness (QED) is 0.558. The molecule has 0 saturated carbocycles. The van der Waals surface area contributed by atoms with Gasteiger partial charge in [-0.15, -0.1) is 0 Å². The van der Waals surface area contributed by atoms with Crippen LogP contribution in [0.1, 0.15) is 16.8 Å². The van der Waals surface area contributed by atoms with Crippen molar-refractivity contribution < 1.29 is 0 Å². The zero-order valence-corrected chi connectivity index (χ0v) is 15.9. The fourth-order valence-corrected chi connectivity index (χ4v) is 6.67. The fraction of sp³-hybridized carbons (Fsp3) is 0. The standard InChI is InChI=1S/C19H13NS4/c1-2-10-20-16(3-1)9-6-14-4-7-15(8-5-14)17-13-23-19(24-17)18-21-11-12-22-18/h1-13H/b9-6+. The van der Waals surface area contributed by atoms with Gasteiger partial charge in [0.25, 0.3) is 0 Å². The molecule has 0 fully saturated rings. The van der Waals surface area contributed by atoms with E-state index in [1.807, 2.05) is 77.5 Å². The third kappa shape index (κ3) is 3.86. The maximum absolute atomic E-state index is 4.30. The third-order valence-corrected chi connectivity index (χ3v) is 8.45. The predicted molar refractivity (Wildman–Crippen MR) is 114 cm³/mol. The SMILES string of the molecule is C1=CSC(=C2SC=C(c3ccc(/C=C/c4ccccn4)cc3)S2)S1. The maximum Gasteiger partial charge on any atom is 0.0700 e. The molecule has 1 aromatic carbocycles. The Morgan fingerprint density at radius 1 is 0.792 bits per heavy atom. The topological polar surface area (TPSA) is 12.9 Å². The van der Waals surface area contributed by atoms with Gasteiger partial charge in [0.1, 0.15) is 0 Å². The van der Waals surface area contributed by atoms with Crippen molar-refractivity contribution in [2.45, 2.75) is 0 Å². The molecule has 24 heavy (non-hydrogen) atoms. The van der Waals surface area contributed by atoms with Crippen LogP contribution in [0.25, 0.3) is 17.1 Å². The Hall–Kier alpha value is -1.27. The van der Waals surface area contributed by atoms with Crippen LogP contribution in [0.3, 0.4) is 0 Å². The Morgan fingerprint density at radius 2 is 1.62 bits per heavy atom. The smallest absolute Gasteiger partial charge is 0.0700 e. The van der Waals surface area contributed by atoms with Crippen molar-refractivity contribution >= 4 is 64.1 Å². The molecule has 118 valence electrons. The van der Waals surface area contributed by atoms with Gasteiger partial charge < -0.3 is 0 Å². The second-order valence-electron chi connectivity index (χ2n) is 4.99. The largest absolute Gasteiger partial charge is 0.257 e. The summed E-state index contributed by atoms with van der Waals surface area (Å²) in [6, 6.07) is 14.6. The highest BCUT2D eigenvalue weighted by Crippen LogP contribution is 2.55. The molecule has 1 nitrogen and oxygen atoms in total. The lowest BCUT2D eigenvalue weighted by atomic mass is 10.1. The third-order valence-electron chi connectivity index (χ3n) is 3.38. The highest BCUT2D eigenvalue weighted by Gasteiger charge is 2.19. The molecule has 0 unspecified atom stereocenters. The van der Waals surface area contributed by atoms with E-state index in [-0.39, 0.29) is 0 Å². The first kappa shape index (κ1) is 16.2. The minimum Gasteiger partial charge on any atom is -0.257 e. The monoisotopic (exact) mass is 383 g/mol. The lowest BCUT2D eigenvalue weighted by molar-refractivity contribution is 1.30. The molecule has 0 N–H and O–H groups in total. The van der Waals surface area contributed by atoms with E-state index in [0.29, 0.717) is 0 Å². The summed E-state index contributed by atoms with van der Waals surface area (Å²) in [6.45, 7) is 0. The summed E-state index contributed by atoms with van der Waals surface area (Å²) in [6.07, 6.45) is 5.95. The minimum atomic E-state index is 0.975. The second-order valence-corrected chi connectivity index (χ2v) is 9.28. The second kappa shape index (κ2) is 7.74. The molecule has 0 aliphatic carbocycles. The Labute approximate surface area is 158 Å². The molecule has 0 amide bonds. The number of benzene rings is 1. The van der Waals surface area contributed by atoms with Gasteiger partial charge in [-0.25, -0.2) is 0 Å². The molecule has 3 heterocycles. The van der Waals surface area contributed by atoms with E-state index in [4.69, 9.17) is 0 Å². The van der Waals surface area contributed by atoms with Gasteiger partial charge in [0.05, 0.1) is 14.2 Å². The van der Waals surface area contributed by atoms with Crippen molar-refractivity contribution in [2.75, 3.05) is 0 Å². The zero-order chi connectivity index (χ0) is 16.2. The first-order valence-electron chi connectivity index (χ1n) is 7.35. The van der Waals surface area contributed by atoms with Crippen LogP contribution in [0, 0.1) is 0 Å². The van der Waals surface area contributed by atoms with Crippen LogP contribution in [0.4, 0.5) is 0 Å². The molecular formula is C19H13NS4. The van der Waals surface area contributed by atoms with Crippen LogP contribution in [-0.4, -0.2) is 4.98 Å². The first-order chi connectivity index (χ1) is 11.9. The van der Waals surface area contributed by atoms with Crippen LogP contribution in [0.5, 0.6) is 0 Å². The van der Waals surface area contributed by atoms with E-state index >= 15 is 0 Å². The van der Waals surface area contributed by atoms with E-state index in [1.165, 1.54) is 24.5 Å². The fourth-order valence-electron chi connectivity index (χ4n) is 2.19. The van der Waals surface area contributed by atoms with Crippen LogP contribution >= 0.6 is 47.0 Å². The Balaban J connectivity index is 1.45. The van der Waals surface area contributed by atoms with Crippen molar-refractivity contribution in [3.05, 3.63) is 90.2 Å². The van der Waals surface area contributed by atoms with E-state index in [9.17, 15) is 0 Å². The summed E-state index contributed by atoms with van der Waals surface area (Å²) in [5.41, 5.74) is 3.44. The predicted octanol–water partition coefficient (Wildman–Crippen LogP) is 7.11. The van der Waals surface area contributed by atoms with Crippen LogP contribution < -0.4 is 0 Å². The van der Waals surface area contributed by atoms with Crippen molar-refractivity contribution in [1.29, 1.82) is 0 Å². The minimum absolute atomic E-state index is 0.975. The van der Waals surface area contributed by atoms with Gasteiger partial charge in [0, 0.05) is 11.1 Å². The Bertz CT molecular complexity index is 839. The number of rotatable bonds is 3. The summed E-state index contributed by atoms with van der Waals surface area (Å²) < 4.78 is 2.79. The molecule has 5 heteroatoms. The highest BCUT2D eigenvalue weighted by atomic mass is 32.2. The average Bonchev–Trinajstić information content (AvgIpc) is 3.33. The van der Waals surface area contributed by atoms with Crippen molar-refractivity contribution in [3.8, 4) is 0 Å². The van der Waals surface area contributed by atoms with Gasteiger partial charge in [0.2, 0.25) is 0 Å². The van der Waals surface area contributed by atoms with Gasteiger partial charge in [-0.2, -0.15) is 0 Å². The van der Waals surface area contributed by atoms with Crippen molar-refractivity contribution in [3.63, 3.8) is 0 Å². The molecule has 4 rings (SSSR count). The Kier molecular flexibility index (Phi) is 5.23. The number of thioether (sulfide) groups is 4. The molecule has 0 spiro atoms. The maximum atomic E-state index is 4.30. The normalized spacial score (nSPS) is 17.1. The van der Waals surface area contributed by atoms with Gasteiger partial charge in [0.15, 0.2) is 0 Å². The molecule has 0 atom stereocenters. The van der Waals surface area contributed by atoms with E-state index in [2.05, 4.69) is 51.5 Å². The van der Waals surface area contributed by atoms with Crippen molar-refractivity contribution in [2.24, 2.45) is 0 Å². The lowest BCUT2D eigenvalue weighted by Crippen LogP contribution is -1.80. The van der Waals surface area contributed by atoms with Gasteiger partial charge >= 0.3 is 0 Å². The molecule has 0 bridgehead atoms. The van der Waals surface area contributed by atoms with Gasteiger partial charge in [-0.1, -0.05) is 83.5 Å². The summed E-state index contributed by atoms with van der Waals surface area (Å²) in [4.78, 5) is 5.63. The zero-order valence-electron chi connectivity index (χ0n) is 12.6. The van der Waals surface area contributed by atoms with Gasteiger partial charge in [-0.3, -0.25) is 4.98 Å². The molecule has 2 aliphatic heterocycles. The van der Waals surface area contributed by atoms with Crippen molar-refractivity contribution in [1.82, 2.24) is 4.98 Å². The molecule has 0 saturated heterocycles. The number of nitrogens with zero attached hydrogens (tertiary/aromatic N) is 1. The summed E-state index contributed by atoms with van der Waals surface area (Å²) in [7, 11) is 0. The number of aromatic nitrogens is 1. The summed E-state index contributed by atoms with van der Waals surface area (Å²) >= 11 is 7.33. The molecule has 2 aliphatic rings. The number of pyridine rings is 1. The van der Waals surface area contributed by atoms with Crippen LogP contribution in [0.2, 0.25) is 0 Å². The van der Waals surface area contributed by atoms with E-state index < -0.39 is 0 Å². The van der Waals surface area contributed by atoms with E-state index in [1.54, 1.807) is 0 Å². The average molecular weight is 384 g/mol. The van der Waals surface area contributed by atoms with E-state index in [0.717, 1.165) is 5.69 Å². The summed E-state index contributed by atoms with van der Waals surface area (Å²) in [5.74, 6) is 0. The molecule has 0 radical (unpaired) electrons. The summed E-state index contributed by atoms with van der Waals surface area (Å²) in [5, 5.41) is 6.55. The van der Waals surface area contributed by atoms with Gasteiger partial charge in [-0.05, 0) is 45.6 Å². The molecular weight excluding hydrogens is 370 g/mol. The lowest BCUT2D eigenvalue weighted by Gasteiger charge is -2.04. The number of hydrogen-bond acceptors (Lipinski definition) is 5.